The van der Waals surface area contributed by atoms with E-state index in [4.69, 9.17) is 9.05 Å². The van der Waals surface area contributed by atoms with Crippen molar-refractivity contribution in [1.82, 2.24) is 9.80 Å². The maximum Gasteiger partial charge on any atom is 0.472 e. The topological polar surface area (TPSA) is 62.2 Å². The van der Waals surface area contributed by atoms with Gasteiger partial charge in [0.15, 0.2) is 0 Å². The number of rotatable bonds is 25. The van der Waals surface area contributed by atoms with Gasteiger partial charge in [0, 0.05) is 12.6 Å². The summed E-state index contributed by atoms with van der Waals surface area (Å²) in [5, 5.41) is 0. The van der Waals surface area contributed by atoms with Crippen molar-refractivity contribution in [1.29, 1.82) is 0 Å². The highest BCUT2D eigenvalue weighted by molar-refractivity contribution is 7.47. The van der Waals surface area contributed by atoms with Gasteiger partial charge in [-0.1, -0.05) is 104 Å². The fourth-order valence-electron chi connectivity index (χ4n) is 5.21. The second kappa shape index (κ2) is 23.0. The minimum absolute atomic E-state index is 0.258. The van der Waals surface area contributed by atoms with Crippen LogP contribution in [0.2, 0.25) is 0 Å². The number of piperidine rings is 1. The molecule has 1 fully saturated rings. The Morgan fingerprint density at radius 2 is 1.14 bits per heavy atom. The molecule has 0 spiro atoms. The monoisotopic (exact) mass is 532 g/mol. The van der Waals surface area contributed by atoms with Gasteiger partial charge in [0.2, 0.25) is 0 Å². The maximum absolute atomic E-state index is 12.2. The Balaban J connectivity index is 2.19. The van der Waals surface area contributed by atoms with Gasteiger partial charge in [0.05, 0.1) is 13.2 Å². The standard InChI is InChI=1S/C29H61N2O4P/c1-4-7-10-13-14-15-16-19-27-34-36(32,33)35-28-26-30-24-20-29(21-25-30)31(22-17-11-8-5-2)23-18-12-9-6-3/h29H,4-28H2,1-3H3,(H,32,33). The lowest BCUT2D eigenvalue weighted by atomic mass is 10.0. The van der Waals surface area contributed by atoms with Crippen LogP contribution in [0.15, 0.2) is 0 Å². The number of hydrogen-bond acceptors (Lipinski definition) is 5. The van der Waals surface area contributed by atoms with E-state index in [0.29, 0.717) is 19.2 Å². The third-order valence-corrected chi connectivity index (χ3v) is 8.60. The van der Waals surface area contributed by atoms with E-state index in [2.05, 4.69) is 30.6 Å². The van der Waals surface area contributed by atoms with Crippen LogP contribution in [0.3, 0.4) is 0 Å². The summed E-state index contributed by atoms with van der Waals surface area (Å²) in [5.74, 6) is 0. The highest BCUT2D eigenvalue weighted by Gasteiger charge is 2.25. The molecular formula is C29H61N2O4P. The molecule has 1 unspecified atom stereocenters. The van der Waals surface area contributed by atoms with E-state index in [1.165, 1.54) is 116 Å². The molecule has 1 N–H and O–H groups in total. The van der Waals surface area contributed by atoms with Gasteiger partial charge in [0.25, 0.3) is 0 Å². The fourth-order valence-corrected chi connectivity index (χ4v) is 5.95. The van der Waals surface area contributed by atoms with Crippen molar-refractivity contribution in [2.24, 2.45) is 0 Å². The second-order valence-corrected chi connectivity index (χ2v) is 12.3. The molecule has 1 atom stereocenters. The predicted molar refractivity (Wildman–Crippen MR) is 154 cm³/mol. The lowest BCUT2D eigenvalue weighted by Crippen LogP contribution is -2.46. The van der Waals surface area contributed by atoms with Gasteiger partial charge in [-0.2, -0.15) is 0 Å². The summed E-state index contributed by atoms with van der Waals surface area (Å²) < 4.78 is 22.6. The first-order chi connectivity index (χ1) is 17.5. The van der Waals surface area contributed by atoms with Crippen LogP contribution in [0.1, 0.15) is 136 Å². The third-order valence-electron chi connectivity index (χ3n) is 7.59. The quantitative estimate of drug-likeness (QED) is 0.0945. The van der Waals surface area contributed by atoms with E-state index in [0.717, 1.165) is 25.9 Å². The van der Waals surface area contributed by atoms with Crippen LogP contribution in [0.5, 0.6) is 0 Å². The highest BCUT2D eigenvalue weighted by atomic mass is 31.2. The second-order valence-electron chi connectivity index (χ2n) is 10.8. The molecule has 6 nitrogen and oxygen atoms in total. The number of unbranched alkanes of at least 4 members (excludes halogenated alkanes) is 13. The SMILES string of the molecule is CCCCCCCCCCOP(=O)(O)OCCN1CCC(N(CCCCCC)CCCCCC)CC1. The van der Waals surface area contributed by atoms with E-state index in [1.807, 2.05) is 0 Å². The molecule has 1 aliphatic heterocycles. The summed E-state index contributed by atoms with van der Waals surface area (Å²) in [5.41, 5.74) is 0. The Morgan fingerprint density at radius 3 is 1.67 bits per heavy atom. The average Bonchev–Trinajstić information content (AvgIpc) is 2.87. The Kier molecular flexibility index (Phi) is 21.7. The first-order valence-corrected chi connectivity index (χ1v) is 17.1. The summed E-state index contributed by atoms with van der Waals surface area (Å²) in [4.78, 5) is 15.1. The lowest BCUT2D eigenvalue weighted by molar-refractivity contribution is 0.0859. The molecule has 0 aromatic carbocycles. The van der Waals surface area contributed by atoms with Gasteiger partial charge in [-0.15, -0.1) is 0 Å². The predicted octanol–water partition coefficient (Wildman–Crippen LogP) is 8.19. The first kappa shape index (κ1) is 34.1. The van der Waals surface area contributed by atoms with Crippen LogP contribution in [0.4, 0.5) is 0 Å². The van der Waals surface area contributed by atoms with Crippen molar-refractivity contribution in [2.75, 3.05) is 45.9 Å². The molecule has 0 bridgehead atoms. The van der Waals surface area contributed by atoms with Crippen LogP contribution in [-0.4, -0.2) is 66.7 Å². The number of nitrogens with zero attached hydrogens (tertiary/aromatic N) is 2. The Bertz CT molecular complexity index is 517. The summed E-state index contributed by atoms with van der Waals surface area (Å²) >= 11 is 0. The zero-order chi connectivity index (χ0) is 26.3. The molecule has 0 saturated carbocycles. The molecule has 1 rings (SSSR count). The Labute approximate surface area is 224 Å². The van der Waals surface area contributed by atoms with Gasteiger partial charge in [-0.3, -0.25) is 9.05 Å². The van der Waals surface area contributed by atoms with Crippen molar-refractivity contribution in [3.05, 3.63) is 0 Å². The zero-order valence-corrected chi connectivity index (χ0v) is 25.2. The normalized spacial score (nSPS) is 17.1. The van der Waals surface area contributed by atoms with Crippen LogP contribution in [-0.2, 0) is 13.6 Å². The molecule has 1 heterocycles. The van der Waals surface area contributed by atoms with Gasteiger partial charge >= 0.3 is 7.82 Å². The van der Waals surface area contributed by atoms with Crippen LogP contribution in [0.25, 0.3) is 0 Å². The molecule has 0 aliphatic carbocycles. The number of phosphoric ester groups is 1. The molecule has 7 heteroatoms. The summed E-state index contributed by atoms with van der Waals surface area (Å²) in [6, 6.07) is 0.685. The van der Waals surface area contributed by atoms with Crippen molar-refractivity contribution in [3.8, 4) is 0 Å². The largest absolute Gasteiger partial charge is 0.472 e. The number of likely N-dealkylation sites (tertiary alicyclic amines) is 1. The molecule has 1 aliphatic rings. The van der Waals surface area contributed by atoms with Crippen molar-refractivity contribution in [2.45, 2.75) is 142 Å². The fraction of sp³-hybridized carbons (Fsp3) is 1.00. The van der Waals surface area contributed by atoms with Crippen molar-refractivity contribution in [3.63, 3.8) is 0 Å². The summed E-state index contributed by atoms with van der Waals surface area (Å²) in [6.07, 6.45) is 22.5. The van der Waals surface area contributed by atoms with Crippen LogP contribution in [0, 0.1) is 0 Å². The van der Waals surface area contributed by atoms with Crippen LogP contribution >= 0.6 is 7.82 Å². The van der Waals surface area contributed by atoms with Gasteiger partial charge in [0.1, 0.15) is 0 Å². The molecule has 216 valence electrons. The Morgan fingerprint density at radius 1 is 0.694 bits per heavy atom. The molecule has 1 saturated heterocycles. The lowest BCUT2D eigenvalue weighted by Gasteiger charge is -2.38. The van der Waals surface area contributed by atoms with Crippen molar-refractivity contribution < 1.29 is 18.5 Å². The smallest absolute Gasteiger partial charge is 0.302 e. The zero-order valence-electron chi connectivity index (χ0n) is 24.3. The summed E-state index contributed by atoms with van der Waals surface area (Å²) in [6.45, 7) is 12.6. The highest BCUT2D eigenvalue weighted by Crippen LogP contribution is 2.43. The number of hydrogen-bond donors (Lipinski definition) is 1. The minimum Gasteiger partial charge on any atom is -0.302 e. The molecule has 0 radical (unpaired) electrons. The molecule has 36 heavy (non-hydrogen) atoms. The van der Waals surface area contributed by atoms with Gasteiger partial charge in [-0.25, -0.2) is 4.57 Å². The molecule has 0 amide bonds. The van der Waals surface area contributed by atoms with E-state index < -0.39 is 7.82 Å². The minimum atomic E-state index is -3.93. The number of phosphoric acid groups is 1. The van der Waals surface area contributed by atoms with E-state index in [-0.39, 0.29) is 6.61 Å². The molecule has 0 aromatic heterocycles. The van der Waals surface area contributed by atoms with Crippen molar-refractivity contribution >= 4 is 7.82 Å². The molecule has 0 aromatic rings. The molecular weight excluding hydrogens is 471 g/mol. The van der Waals surface area contributed by atoms with E-state index in [1.54, 1.807) is 0 Å². The van der Waals surface area contributed by atoms with Gasteiger partial charge in [-0.05, 0) is 58.3 Å². The van der Waals surface area contributed by atoms with E-state index in [9.17, 15) is 9.46 Å². The van der Waals surface area contributed by atoms with E-state index >= 15 is 0 Å². The Hall–Kier alpha value is 0.0300. The first-order valence-electron chi connectivity index (χ1n) is 15.6. The maximum atomic E-state index is 12.2. The third kappa shape index (κ3) is 18.3. The summed E-state index contributed by atoms with van der Waals surface area (Å²) in [7, 11) is -3.93. The van der Waals surface area contributed by atoms with Gasteiger partial charge < -0.3 is 14.7 Å². The average molecular weight is 533 g/mol. The van der Waals surface area contributed by atoms with Crippen LogP contribution < -0.4 is 0 Å².